The largest absolute Gasteiger partial charge is 0.457 e. The normalized spacial score (nSPS) is 15.0. The van der Waals surface area contributed by atoms with Crippen molar-refractivity contribution in [1.82, 2.24) is 10.3 Å². The summed E-state index contributed by atoms with van der Waals surface area (Å²) in [5, 5.41) is 2.87. The molecular formula is C25H23FN4O4. The lowest BCUT2D eigenvalue weighted by Crippen LogP contribution is -2.36. The highest BCUT2D eigenvalue weighted by molar-refractivity contribution is 5.95. The predicted molar refractivity (Wildman–Crippen MR) is 125 cm³/mol. The molecule has 2 amide bonds. The monoisotopic (exact) mass is 462 g/mol. The smallest absolute Gasteiger partial charge is 0.254 e. The van der Waals surface area contributed by atoms with Gasteiger partial charge in [0, 0.05) is 25.2 Å². The van der Waals surface area contributed by atoms with E-state index >= 15 is 0 Å². The van der Waals surface area contributed by atoms with Crippen LogP contribution in [0.4, 0.5) is 10.2 Å². The van der Waals surface area contributed by atoms with E-state index in [-0.39, 0.29) is 23.4 Å². The Bertz CT molecular complexity index is 1220. The third kappa shape index (κ3) is 5.50. The molecule has 3 N–H and O–H groups in total. The van der Waals surface area contributed by atoms with Crippen molar-refractivity contribution in [2.75, 3.05) is 18.0 Å². The molecule has 1 atom stereocenters. The Labute approximate surface area is 195 Å². The van der Waals surface area contributed by atoms with E-state index in [0.29, 0.717) is 36.2 Å². The van der Waals surface area contributed by atoms with Crippen LogP contribution in [-0.2, 0) is 4.79 Å². The van der Waals surface area contributed by atoms with E-state index in [1.807, 2.05) is 4.90 Å². The van der Waals surface area contributed by atoms with Gasteiger partial charge in [-0.1, -0.05) is 12.6 Å². The number of nitrogens with two attached hydrogens (primary N) is 1. The lowest BCUT2D eigenvalue weighted by Gasteiger charge is -2.19. The number of halogens is 1. The van der Waals surface area contributed by atoms with Gasteiger partial charge in [-0.05, 0) is 61.0 Å². The van der Waals surface area contributed by atoms with E-state index in [9.17, 15) is 14.0 Å². The number of rotatable bonds is 8. The molecule has 1 unspecified atom stereocenters. The van der Waals surface area contributed by atoms with Gasteiger partial charge in [0.2, 0.25) is 11.8 Å². The summed E-state index contributed by atoms with van der Waals surface area (Å²) in [5.41, 5.74) is 5.64. The van der Waals surface area contributed by atoms with Crippen LogP contribution in [0.25, 0.3) is 0 Å². The molecule has 4 rings (SSSR count). The SMILES string of the molecule is C=CC(=O)NC1CCN(c2ccc(C(N)=O)c(Oc3ccc(Oc4cccc(F)c4)cc3)n2)C1. The molecule has 8 nitrogen and oxygen atoms in total. The highest BCUT2D eigenvalue weighted by Crippen LogP contribution is 2.30. The molecule has 1 aliphatic heterocycles. The summed E-state index contributed by atoms with van der Waals surface area (Å²) < 4.78 is 24.8. The Kier molecular flexibility index (Phi) is 6.72. The molecule has 2 heterocycles. The summed E-state index contributed by atoms with van der Waals surface area (Å²) in [6, 6.07) is 15.6. The molecule has 0 saturated carbocycles. The number of pyridine rings is 1. The highest BCUT2D eigenvalue weighted by Gasteiger charge is 2.25. The number of hydrogen-bond donors (Lipinski definition) is 2. The van der Waals surface area contributed by atoms with Crippen molar-refractivity contribution < 1.29 is 23.5 Å². The number of carbonyl (C=O) groups excluding carboxylic acids is 2. The number of anilines is 1. The number of nitrogens with one attached hydrogen (secondary N) is 1. The maximum absolute atomic E-state index is 13.3. The Morgan fingerprint density at radius 2 is 1.82 bits per heavy atom. The summed E-state index contributed by atoms with van der Waals surface area (Å²) in [5.74, 6) is 0.650. The van der Waals surface area contributed by atoms with E-state index in [1.165, 1.54) is 18.2 Å². The minimum absolute atomic E-state index is 0.0295. The van der Waals surface area contributed by atoms with Crippen molar-refractivity contribution in [2.24, 2.45) is 5.73 Å². The molecule has 2 aromatic carbocycles. The quantitative estimate of drug-likeness (QED) is 0.494. The van der Waals surface area contributed by atoms with Gasteiger partial charge in [-0.25, -0.2) is 4.39 Å². The maximum Gasteiger partial charge on any atom is 0.254 e. The molecule has 1 fully saturated rings. The van der Waals surface area contributed by atoms with Gasteiger partial charge in [-0.3, -0.25) is 9.59 Å². The molecule has 0 radical (unpaired) electrons. The zero-order chi connectivity index (χ0) is 24.1. The van der Waals surface area contributed by atoms with Gasteiger partial charge in [-0.2, -0.15) is 4.98 Å². The van der Waals surface area contributed by atoms with Crippen molar-refractivity contribution in [3.63, 3.8) is 0 Å². The van der Waals surface area contributed by atoms with Gasteiger partial charge < -0.3 is 25.4 Å². The average molecular weight is 462 g/mol. The topological polar surface area (TPSA) is 107 Å². The first-order valence-electron chi connectivity index (χ1n) is 10.6. The fraction of sp³-hybridized carbons (Fsp3) is 0.160. The van der Waals surface area contributed by atoms with Gasteiger partial charge in [0.25, 0.3) is 5.91 Å². The van der Waals surface area contributed by atoms with Crippen molar-refractivity contribution in [3.05, 3.63) is 84.7 Å². The molecule has 9 heteroatoms. The van der Waals surface area contributed by atoms with Crippen molar-refractivity contribution in [1.29, 1.82) is 0 Å². The maximum atomic E-state index is 13.3. The fourth-order valence-electron chi connectivity index (χ4n) is 3.57. The number of benzene rings is 2. The van der Waals surface area contributed by atoms with Gasteiger partial charge in [-0.15, -0.1) is 0 Å². The summed E-state index contributed by atoms with van der Waals surface area (Å²) >= 11 is 0. The van der Waals surface area contributed by atoms with Crippen molar-refractivity contribution in [3.8, 4) is 23.1 Å². The van der Waals surface area contributed by atoms with Crippen LogP contribution in [0.2, 0.25) is 0 Å². The van der Waals surface area contributed by atoms with Crippen LogP contribution < -0.4 is 25.4 Å². The highest BCUT2D eigenvalue weighted by atomic mass is 19.1. The molecule has 0 bridgehead atoms. The predicted octanol–water partition coefficient (Wildman–Crippen LogP) is 3.79. The first-order chi connectivity index (χ1) is 16.4. The van der Waals surface area contributed by atoms with Crippen LogP contribution >= 0.6 is 0 Å². The second kappa shape index (κ2) is 10.0. The average Bonchev–Trinajstić information content (AvgIpc) is 3.28. The fourth-order valence-corrected chi connectivity index (χ4v) is 3.57. The van der Waals surface area contributed by atoms with Gasteiger partial charge in [0.05, 0.1) is 0 Å². The number of carbonyl (C=O) groups is 2. The number of primary amides is 1. The molecule has 34 heavy (non-hydrogen) atoms. The van der Waals surface area contributed by atoms with Gasteiger partial charge >= 0.3 is 0 Å². The zero-order valence-corrected chi connectivity index (χ0v) is 18.2. The summed E-state index contributed by atoms with van der Waals surface area (Å²) in [7, 11) is 0. The van der Waals surface area contributed by atoms with Crippen LogP contribution in [0.3, 0.4) is 0 Å². The standard InChI is InChI=1S/C25H23FN4O4/c1-2-23(31)28-17-12-13-30(15-17)22-11-10-21(24(27)32)25(29-22)34-19-8-6-18(7-9-19)33-20-5-3-4-16(26)14-20/h2-11,14,17H,1,12-13,15H2,(H2,27,32)(H,28,31). The lowest BCUT2D eigenvalue weighted by molar-refractivity contribution is -0.117. The molecule has 0 aliphatic carbocycles. The first kappa shape index (κ1) is 22.8. The minimum Gasteiger partial charge on any atom is -0.457 e. The molecule has 0 spiro atoms. The van der Waals surface area contributed by atoms with Crippen molar-refractivity contribution in [2.45, 2.75) is 12.5 Å². The van der Waals surface area contributed by atoms with Crippen LogP contribution in [0.15, 0.2) is 73.3 Å². The number of hydrogen-bond acceptors (Lipinski definition) is 6. The lowest BCUT2D eigenvalue weighted by atomic mass is 10.2. The Morgan fingerprint density at radius 1 is 1.09 bits per heavy atom. The van der Waals surface area contributed by atoms with Crippen LogP contribution in [-0.4, -0.2) is 35.9 Å². The van der Waals surface area contributed by atoms with Crippen LogP contribution in [0.1, 0.15) is 16.8 Å². The third-order valence-corrected chi connectivity index (χ3v) is 5.23. The Balaban J connectivity index is 1.49. The van der Waals surface area contributed by atoms with E-state index in [1.54, 1.807) is 48.5 Å². The molecule has 174 valence electrons. The Morgan fingerprint density at radius 3 is 2.50 bits per heavy atom. The van der Waals surface area contributed by atoms with Crippen LogP contribution in [0.5, 0.6) is 23.1 Å². The molecule has 1 aliphatic rings. The van der Waals surface area contributed by atoms with E-state index < -0.39 is 11.7 Å². The van der Waals surface area contributed by atoms with E-state index in [0.717, 1.165) is 6.42 Å². The summed E-state index contributed by atoms with van der Waals surface area (Å²) in [6.07, 6.45) is 1.99. The Hall–Kier alpha value is -4.40. The second-order valence-corrected chi connectivity index (χ2v) is 7.66. The number of aromatic nitrogens is 1. The number of nitrogens with zero attached hydrogens (tertiary/aromatic N) is 2. The molecule has 1 saturated heterocycles. The number of ether oxygens (including phenoxy) is 2. The zero-order valence-electron chi connectivity index (χ0n) is 18.2. The van der Waals surface area contributed by atoms with Gasteiger partial charge in [0.1, 0.15) is 34.4 Å². The third-order valence-electron chi connectivity index (χ3n) is 5.23. The summed E-state index contributed by atoms with van der Waals surface area (Å²) in [4.78, 5) is 30.0. The van der Waals surface area contributed by atoms with Gasteiger partial charge in [0.15, 0.2) is 0 Å². The second-order valence-electron chi connectivity index (χ2n) is 7.66. The molecule has 1 aromatic heterocycles. The van der Waals surface area contributed by atoms with Crippen LogP contribution in [0, 0.1) is 5.82 Å². The molecular weight excluding hydrogens is 439 g/mol. The van der Waals surface area contributed by atoms with E-state index in [4.69, 9.17) is 15.2 Å². The molecule has 3 aromatic rings. The summed E-state index contributed by atoms with van der Waals surface area (Å²) in [6.45, 7) is 4.71. The first-order valence-corrected chi connectivity index (χ1v) is 10.6. The number of amides is 2. The van der Waals surface area contributed by atoms with Crippen molar-refractivity contribution >= 4 is 17.6 Å². The minimum atomic E-state index is -0.669. The van der Waals surface area contributed by atoms with E-state index in [2.05, 4.69) is 16.9 Å².